The smallest absolute Gasteiger partial charge is 0.272 e. The number of aromatic amines is 1. The van der Waals surface area contributed by atoms with Gasteiger partial charge in [0.05, 0.1) is 5.69 Å². The molecule has 4 rings (SSSR count). The van der Waals surface area contributed by atoms with Crippen molar-refractivity contribution >= 4 is 11.7 Å². The average molecular weight is 350 g/mol. The topological polar surface area (TPSA) is 70.1 Å². The number of aromatic nitrogens is 4. The summed E-state index contributed by atoms with van der Waals surface area (Å²) in [6.07, 6.45) is 1.68. The van der Waals surface area contributed by atoms with Crippen molar-refractivity contribution in [2.45, 2.75) is 13.5 Å². The molecule has 1 aliphatic rings. The van der Waals surface area contributed by atoms with Crippen LogP contribution < -0.4 is 4.90 Å². The molecule has 0 atom stereocenters. The Kier molecular flexibility index (Phi) is 4.43. The summed E-state index contributed by atoms with van der Waals surface area (Å²) in [5.74, 6) is 0.977. The molecule has 0 aliphatic carbocycles. The second-order valence-corrected chi connectivity index (χ2v) is 6.32. The molecule has 1 aliphatic heterocycles. The van der Waals surface area contributed by atoms with Gasteiger partial charge < -0.3 is 9.80 Å². The molecule has 0 spiro atoms. The maximum absolute atomic E-state index is 12.7. The van der Waals surface area contributed by atoms with Crippen molar-refractivity contribution in [2.75, 3.05) is 31.1 Å². The predicted octanol–water partition coefficient (Wildman–Crippen LogP) is 2.26. The van der Waals surface area contributed by atoms with Crippen LogP contribution in [0.4, 0.5) is 5.82 Å². The predicted molar refractivity (Wildman–Crippen MR) is 100 cm³/mol. The molecule has 1 saturated heterocycles. The van der Waals surface area contributed by atoms with Crippen LogP contribution in [0.25, 0.3) is 11.3 Å². The van der Waals surface area contributed by atoms with Crippen LogP contribution in [0.1, 0.15) is 17.4 Å². The normalized spacial score (nSPS) is 14.7. The lowest BCUT2D eigenvalue weighted by molar-refractivity contribution is 0.0734. The van der Waals surface area contributed by atoms with Gasteiger partial charge in [0.15, 0.2) is 5.82 Å². The molecular formula is C19H22N6O. The highest BCUT2D eigenvalue weighted by Crippen LogP contribution is 2.22. The third kappa shape index (κ3) is 3.08. The van der Waals surface area contributed by atoms with Crippen molar-refractivity contribution in [3.05, 3.63) is 54.4 Å². The first-order valence-corrected chi connectivity index (χ1v) is 8.93. The van der Waals surface area contributed by atoms with Gasteiger partial charge in [0, 0.05) is 45.0 Å². The van der Waals surface area contributed by atoms with Crippen molar-refractivity contribution in [3.8, 4) is 11.3 Å². The number of carbonyl (C=O) groups excluding carboxylic acids is 1. The van der Waals surface area contributed by atoms with Gasteiger partial charge in [0.25, 0.3) is 5.91 Å². The fourth-order valence-electron chi connectivity index (χ4n) is 3.31. The van der Waals surface area contributed by atoms with Crippen LogP contribution in [0.3, 0.4) is 0 Å². The van der Waals surface area contributed by atoms with Crippen molar-refractivity contribution in [1.82, 2.24) is 24.9 Å². The van der Waals surface area contributed by atoms with Crippen molar-refractivity contribution in [2.24, 2.45) is 0 Å². The van der Waals surface area contributed by atoms with Gasteiger partial charge in [-0.05, 0) is 18.6 Å². The number of anilines is 1. The van der Waals surface area contributed by atoms with Crippen LogP contribution in [-0.2, 0) is 6.54 Å². The van der Waals surface area contributed by atoms with Crippen LogP contribution >= 0.6 is 0 Å². The van der Waals surface area contributed by atoms with E-state index >= 15 is 0 Å². The number of H-pyrrole nitrogens is 1. The number of aryl methyl sites for hydroxylation is 1. The molecule has 3 heterocycles. The van der Waals surface area contributed by atoms with Gasteiger partial charge in [-0.3, -0.25) is 14.6 Å². The number of hydrogen-bond acceptors (Lipinski definition) is 4. The van der Waals surface area contributed by atoms with E-state index in [1.54, 1.807) is 16.9 Å². The van der Waals surface area contributed by atoms with E-state index in [-0.39, 0.29) is 5.91 Å². The van der Waals surface area contributed by atoms with Gasteiger partial charge in [0.1, 0.15) is 5.69 Å². The van der Waals surface area contributed by atoms with Gasteiger partial charge in [-0.2, -0.15) is 10.2 Å². The Morgan fingerprint density at radius 1 is 1.12 bits per heavy atom. The minimum atomic E-state index is 0.0519. The average Bonchev–Trinajstić information content (AvgIpc) is 3.38. The van der Waals surface area contributed by atoms with Gasteiger partial charge in [-0.25, -0.2) is 0 Å². The minimum absolute atomic E-state index is 0.0519. The molecule has 3 aromatic rings. The third-order valence-electron chi connectivity index (χ3n) is 4.78. The Morgan fingerprint density at radius 2 is 1.88 bits per heavy atom. The van der Waals surface area contributed by atoms with Crippen LogP contribution in [0.2, 0.25) is 0 Å². The zero-order chi connectivity index (χ0) is 17.9. The molecule has 7 heteroatoms. The number of amides is 1. The summed E-state index contributed by atoms with van der Waals surface area (Å²) in [6.45, 7) is 5.59. The molecule has 26 heavy (non-hydrogen) atoms. The molecule has 0 saturated carbocycles. The first-order chi connectivity index (χ1) is 12.8. The summed E-state index contributed by atoms with van der Waals surface area (Å²) in [7, 11) is 0. The van der Waals surface area contributed by atoms with Crippen molar-refractivity contribution in [3.63, 3.8) is 0 Å². The monoisotopic (exact) mass is 350 g/mol. The maximum Gasteiger partial charge on any atom is 0.272 e. The summed E-state index contributed by atoms with van der Waals surface area (Å²) in [6, 6.07) is 14.0. The SMILES string of the molecule is CCn1nccc1C(=O)N1CCN(c2cc(-c3ccccc3)[nH]n2)CC1. The molecule has 1 fully saturated rings. The Morgan fingerprint density at radius 3 is 2.62 bits per heavy atom. The fraction of sp³-hybridized carbons (Fsp3) is 0.316. The number of carbonyl (C=O) groups is 1. The maximum atomic E-state index is 12.7. The van der Waals surface area contributed by atoms with E-state index in [1.165, 1.54) is 0 Å². The molecule has 7 nitrogen and oxygen atoms in total. The molecule has 1 aromatic carbocycles. The number of piperazine rings is 1. The van der Waals surface area contributed by atoms with Gasteiger partial charge in [-0.1, -0.05) is 30.3 Å². The summed E-state index contributed by atoms with van der Waals surface area (Å²) < 4.78 is 1.74. The standard InChI is InChI=1S/C19H22N6O/c1-2-25-17(8-9-20-25)19(26)24-12-10-23(11-13-24)18-14-16(21-22-18)15-6-4-3-5-7-15/h3-9,14H,2,10-13H2,1H3,(H,21,22). The van der Waals surface area contributed by atoms with E-state index < -0.39 is 0 Å². The largest absolute Gasteiger partial charge is 0.352 e. The summed E-state index contributed by atoms with van der Waals surface area (Å²) >= 11 is 0. The molecule has 2 aromatic heterocycles. The van der Waals surface area contributed by atoms with Crippen LogP contribution in [0.15, 0.2) is 48.7 Å². The number of nitrogens with zero attached hydrogens (tertiary/aromatic N) is 5. The zero-order valence-corrected chi connectivity index (χ0v) is 14.8. The number of nitrogens with one attached hydrogen (secondary N) is 1. The lowest BCUT2D eigenvalue weighted by atomic mass is 10.1. The fourth-order valence-corrected chi connectivity index (χ4v) is 3.31. The Balaban J connectivity index is 1.41. The lowest BCUT2D eigenvalue weighted by Gasteiger charge is -2.34. The van der Waals surface area contributed by atoms with Crippen molar-refractivity contribution in [1.29, 1.82) is 0 Å². The number of benzene rings is 1. The van der Waals surface area contributed by atoms with Gasteiger partial charge >= 0.3 is 0 Å². The van der Waals surface area contributed by atoms with Gasteiger partial charge in [0.2, 0.25) is 0 Å². The third-order valence-corrected chi connectivity index (χ3v) is 4.78. The second-order valence-electron chi connectivity index (χ2n) is 6.32. The van der Waals surface area contributed by atoms with E-state index in [0.29, 0.717) is 25.3 Å². The first-order valence-electron chi connectivity index (χ1n) is 8.93. The molecule has 134 valence electrons. The molecule has 1 amide bonds. The van der Waals surface area contributed by atoms with Crippen LogP contribution in [0, 0.1) is 0 Å². The van der Waals surface area contributed by atoms with E-state index in [4.69, 9.17) is 0 Å². The highest BCUT2D eigenvalue weighted by atomic mass is 16.2. The Bertz CT molecular complexity index is 876. The Labute approximate surface area is 152 Å². The van der Waals surface area contributed by atoms with E-state index in [2.05, 4.69) is 38.4 Å². The molecular weight excluding hydrogens is 328 g/mol. The highest BCUT2D eigenvalue weighted by molar-refractivity contribution is 5.92. The number of rotatable bonds is 4. The molecule has 0 radical (unpaired) electrons. The molecule has 0 unspecified atom stereocenters. The van der Waals surface area contributed by atoms with Crippen LogP contribution in [-0.4, -0.2) is 57.0 Å². The molecule has 1 N–H and O–H groups in total. The summed E-state index contributed by atoms with van der Waals surface area (Å²) in [5.41, 5.74) is 2.78. The van der Waals surface area contributed by atoms with E-state index in [1.807, 2.05) is 30.0 Å². The lowest BCUT2D eigenvalue weighted by Crippen LogP contribution is -2.49. The minimum Gasteiger partial charge on any atom is -0.352 e. The second kappa shape index (κ2) is 7.03. The zero-order valence-electron chi connectivity index (χ0n) is 14.8. The number of hydrogen-bond donors (Lipinski definition) is 1. The first kappa shape index (κ1) is 16.4. The highest BCUT2D eigenvalue weighted by Gasteiger charge is 2.25. The Hall–Kier alpha value is -3.09. The van der Waals surface area contributed by atoms with Crippen molar-refractivity contribution < 1.29 is 4.79 Å². The summed E-state index contributed by atoms with van der Waals surface area (Å²) in [4.78, 5) is 16.8. The van der Waals surface area contributed by atoms with E-state index in [9.17, 15) is 4.79 Å². The van der Waals surface area contributed by atoms with E-state index in [0.717, 1.165) is 30.2 Å². The van der Waals surface area contributed by atoms with Crippen LogP contribution in [0.5, 0.6) is 0 Å². The quantitative estimate of drug-likeness (QED) is 0.783. The molecule has 0 bridgehead atoms. The summed E-state index contributed by atoms with van der Waals surface area (Å²) in [5, 5.41) is 11.7. The van der Waals surface area contributed by atoms with Gasteiger partial charge in [-0.15, -0.1) is 0 Å².